The molecule has 0 aromatic heterocycles. The highest BCUT2D eigenvalue weighted by Crippen LogP contribution is 2.35. The van der Waals surface area contributed by atoms with Crippen molar-refractivity contribution >= 4 is 21.7 Å². The van der Waals surface area contributed by atoms with E-state index >= 15 is 0 Å². The highest BCUT2D eigenvalue weighted by Gasteiger charge is 2.34. The Morgan fingerprint density at radius 2 is 2.00 bits per heavy atom. The van der Waals surface area contributed by atoms with Crippen LogP contribution in [0.3, 0.4) is 0 Å². The lowest BCUT2D eigenvalue weighted by Gasteiger charge is -2.13. The molecule has 1 atom stereocenters. The lowest BCUT2D eigenvalue weighted by molar-refractivity contribution is -0.138. The van der Waals surface area contributed by atoms with E-state index in [4.69, 9.17) is 5.26 Å². The summed E-state index contributed by atoms with van der Waals surface area (Å²) in [5.41, 5.74) is -1.00. The van der Waals surface area contributed by atoms with Gasteiger partial charge in [-0.2, -0.15) is 18.4 Å². The van der Waals surface area contributed by atoms with E-state index in [-0.39, 0.29) is 16.0 Å². The molecule has 0 heterocycles. The van der Waals surface area contributed by atoms with Crippen LogP contribution in [0.25, 0.3) is 0 Å². The fourth-order valence-corrected chi connectivity index (χ4v) is 2.26. The van der Waals surface area contributed by atoms with E-state index in [1.807, 2.05) is 19.9 Å². The quantitative estimate of drug-likeness (QED) is 0.731. The summed E-state index contributed by atoms with van der Waals surface area (Å²) in [7, 11) is 0. The summed E-state index contributed by atoms with van der Waals surface area (Å²) in [4.78, 5) is 12.1. The average molecular weight is 348 g/mol. The molecule has 0 spiro atoms. The number of carbonyl (C=O) groups is 1. The molecule has 0 radical (unpaired) electrons. The maximum absolute atomic E-state index is 12.8. The first-order valence-electron chi connectivity index (χ1n) is 5.97. The number of carbonyl (C=O) groups excluding carboxylic acids is 1. The third-order valence-corrected chi connectivity index (χ3v) is 3.43. The van der Waals surface area contributed by atoms with Crippen molar-refractivity contribution in [2.75, 3.05) is 0 Å². The molecule has 0 aliphatic rings. The molecule has 0 aliphatic heterocycles. The van der Waals surface area contributed by atoms with Crippen LogP contribution in [0.2, 0.25) is 0 Å². The Balaban J connectivity index is 3.15. The van der Waals surface area contributed by atoms with Crippen molar-refractivity contribution in [2.45, 2.75) is 26.4 Å². The van der Waals surface area contributed by atoms with Crippen molar-refractivity contribution in [1.29, 1.82) is 5.26 Å². The summed E-state index contributed by atoms with van der Waals surface area (Å²) in [6.45, 7) is 3.70. The predicted molar refractivity (Wildman–Crippen MR) is 72.0 cm³/mol. The van der Waals surface area contributed by atoms with E-state index in [2.05, 4.69) is 15.9 Å². The molecule has 1 unspecified atom stereocenters. The fraction of sp³-hybridized carbons (Fsp3) is 0.429. The van der Waals surface area contributed by atoms with E-state index in [0.29, 0.717) is 6.42 Å². The van der Waals surface area contributed by atoms with E-state index in [1.165, 1.54) is 12.1 Å². The van der Waals surface area contributed by atoms with Crippen LogP contribution in [0.1, 0.15) is 36.2 Å². The Hall–Kier alpha value is -1.35. The summed E-state index contributed by atoms with van der Waals surface area (Å²) in [5, 5.41) is 8.99. The average Bonchev–Trinajstić information content (AvgIpc) is 2.34. The summed E-state index contributed by atoms with van der Waals surface area (Å²) in [6.07, 6.45) is -4.22. The molecule has 0 saturated heterocycles. The van der Waals surface area contributed by atoms with Crippen molar-refractivity contribution in [1.82, 2.24) is 0 Å². The second kappa shape index (κ2) is 6.40. The van der Waals surface area contributed by atoms with Gasteiger partial charge in [-0.15, -0.1) is 0 Å². The van der Waals surface area contributed by atoms with Gasteiger partial charge < -0.3 is 0 Å². The van der Waals surface area contributed by atoms with Crippen molar-refractivity contribution in [3.8, 4) is 6.07 Å². The number of nitrogens with zero attached hydrogens (tertiary/aromatic N) is 1. The molecule has 0 N–H and O–H groups in total. The van der Waals surface area contributed by atoms with Gasteiger partial charge in [-0.25, -0.2) is 0 Å². The van der Waals surface area contributed by atoms with Crippen molar-refractivity contribution in [2.24, 2.45) is 11.8 Å². The van der Waals surface area contributed by atoms with Gasteiger partial charge in [0.15, 0.2) is 5.78 Å². The monoisotopic (exact) mass is 347 g/mol. The molecule has 108 valence electrons. The molecular formula is C14H13BrF3NO. The highest BCUT2D eigenvalue weighted by molar-refractivity contribution is 9.10. The van der Waals surface area contributed by atoms with Crippen LogP contribution in [-0.4, -0.2) is 5.78 Å². The lowest BCUT2D eigenvalue weighted by atomic mass is 9.90. The van der Waals surface area contributed by atoms with Gasteiger partial charge in [0.2, 0.25) is 0 Å². The zero-order valence-electron chi connectivity index (χ0n) is 11.0. The number of ketones is 1. The minimum atomic E-state index is -4.55. The molecule has 1 aromatic carbocycles. The summed E-state index contributed by atoms with van der Waals surface area (Å²) < 4.78 is 38.2. The Labute approximate surface area is 123 Å². The van der Waals surface area contributed by atoms with Gasteiger partial charge in [-0.05, 0) is 24.5 Å². The van der Waals surface area contributed by atoms with Crippen molar-refractivity contribution in [3.63, 3.8) is 0 Å². The molecule has 6 heteroatoms. The normalized spacial score (nSPS) is 13.1. The Morgan fingerprint density at radius 3 is 2.45 bits per heavy atom. The van der Waals surface area contributed by atoms with Gasteiger partial charge in [0, 0.05) is 10.0 Å². The first-order chi connectivity index (χ1) is 9.16. The first-order valence-corrected chi connectivity index (χ1v) is 6.76. The number of hydrogen-bond acceptors (Lipinski definition) is 2. The van der Waals surface area contributed by atoms with Crippen LogP contribution >= 0.6 is 15.9 Å². The molecule has 0 aliphatic carbocycles. The van der Waals surface area contributed by atoms with Crippen LogP contribution in [0.4, 0.5) is 13.2 Å². The van der Waals surface area contributed by atoms with Gasteiger partial charge in [0.05, 0.1) is 11.6 Å². The molecule has 0 bridgehead atoms. The Morgan fingerprint density at radius 1 is 1.40 bits per heavy atom. The van der Waals surface area contributed by atoms with E-state index < -0.39 is 23.4 Å². The van der Waals surface area contributed by atoms with Crippen LogP contribution in [0.15, 0.2) is 22.7 Å². The molecule has 20 heavy (non-hydrogen) atoms. The molecule has 0 amide bonds. The zero-order chi connectivity index (χ0) is 15.5. The van der Waals surface area contributed by atoms with Crippen molar-refractivity contribution < 1.29 is 18.0 Å². The number of rotatable bonds is 4. The number of Topliss-reactive ketones (excluding diaryl/α,β-unsaturated/α-hetero) is 1. The maximum Gasteiger partial charge on any atom is 0.417 e. The third kappa shape index (κ3) is 4.07. The van der Waals surface area contributed by atoms with Crippen molar-refractivity contribution in [3.05, 3.63) is 33.8 Å². The van der Waals surface area contributed by atoms with Gasteiger partial charge in [-0.1, -0.05) is 35.8 Å². The maximum atomic E-state index is 12.8. The Bertz CT molecular complexity index is 546. The number of alkyl halides is 3. The minimum absolute atomic E-state index is 0.0901. The van der Waals surface area contributed by atoms with Gasteiger partial charge in [-0.3, -0.25) is 4.79 Å². The summed E-state index contributed by atoms with van der Waals surface area (Å²) in [5.74, 6) is -1.38. The van der Waals surface area contributed by atoms with Crippen LogP contribution in [-0.2, 0) is 6.18 Å². The van der Waals surface area contributed by atoms with Crippen LogP contribution < -0.4 is 0 Å². The SMILES string of the molecule is CC(C)CC(C#N)C(=O)c1ccc(Br)c(C(F)(F)F)c1. The molecule has 1 aromatic rings. The summed E-state index contributed by atoms with van der Waals surface area (Å²) >= 11 is 2.81. The zero-order valence-corrected chi connectivity index (χ0v) is 12.5. The predicted octanol–water partition coefficient (Wildman–Crippen LogP) is 4.84. The van der Waals surface area contributed by atoms with Crippen LogP contribution in [0.5, 0.6) is 0 Å². The number of hydrogen-bond donors (Lipinski definition) is 0. The smallest absolute Gasteiger partial charge is 0.293 e. The molecular weight excluding hydrogens is 335 g/mol. The number of benzene rings is 1. The van der Waals surface area contributed by atoms with E-state index in [9.17, 15) is 18.0 Å². The second-order valence-electron chi connectivity index (χ2n) is 4.87. The minimum Gasteiger partial charge on any atom is -0.293 e. The molecule has 2 nitrogen and oxygen atoms in total. The molecule has 0 saturated carbocycles. The number of halogens is 4. The topological polar surface area (TPSA) is 40.9 Å². The van der Waals surface area contributed by atoms with E-state index in [1.54, 1.807) is 0 Å². The highest BCUT2D eigenvalue weighted by atomic mass is 79.9. The Kier molecular flexibility index (Phi) is 5.35. The van der Waals surface area contributed by atoms with Gasteiger partial charge in [0.1, 0.15) is 5.92 Å². The van der Waals surface area contributed by atoms with Gasteiger partial charge >= 0.3 is 6.18 Å². The summed E-state index contributed by atoms with van der Waals surface area (Å²) in [6, 6.07) is 5.13. The van der Waals surface area contributed by atoms with Crippen LogP contribution in [0, 0.1) is 23.2 Å². The standard InChI is InChI=1S/C14H13BrF3NO/c1-8(2)5-10(7-19)13(20)9-3-4-12(15)11(6-9)14(16,17)18/h3-4,6,8,10H,5H2,1-2H3. The fourth-order valence-electron chi connectivity index (χ4n) is 1.79. The third-order valence-electron chi connectivity index (χ3n) is 2.74. The number of nitriles is 1. The second-order valence-corrected chi connectivity index (χ2v) is 5.72. The largest absolute Gasteiger partial charge is 0.417 e. The van der Waals surface area contributed by atoms with Gasteiger partial charge in [0.25, 0.3) is 0 Å². The molecule has 1 rings (SSSR count). The lowest BCUT2D eigenvalue weighted by Crippen LogP contribution is -2.16. The molecule has 0 fully saturated rings. The first kappa shape index (κ1) is 16.7. The van der Waals surface area contributed by atoms with E-state index in [0.717, 1.165) is 6.07 Å².